The molecule has 1 aromatic rings. The van der Waals surface area contributed by atoms with E-state index in [1.807, 2.05) is 0 Å². The lowest BCUT2D eigenvalue weighted by molar-refractivity contribution is -0.121. The Balaban J connectivity index is 2.06. The van der Waals surface area contributed by atoms with Gasteiger partial charge < -0.3 is 10.0 Å². The van der Waals surface area contributed by atoms with Crippen LogP contribution in [0, 0.1) is 17.2 Å². The van der Waals surface area contributed by atoms with Crippen molar-refractivity contribution in [3.05, 3.63) is 34.1 Å². The van der Waals surface area contributed by atoms with Gasteiger partial charge in [-0.25, -0.2) is 4.39 Å². The first-order valence-electron chi connectivity index (χ1n) is 7.65. The lowest BCUT2D eigenvalue weighted by atomic mass is 9.65. The third kappa shape index (κ3) is 2.21. The molecule has 3 rings (SSSR count). The van der Waals surface area contributed by atoms with Crippen molar-refractivity contribution in [2.75, 3.05) is 20.1 Å². The van der Waals surface area contributed by atoms with E-state index in [9.17, 15) is 9.50 Å². The Labute approximate surface area is 130 Å². The average Bonchev–Trinajstić information content (AvgIpc) is 2.60. The lowest BCUT2D eigenvalue weighted by Crippen LogP contribution is -2.49. The van der Waals surface area contributed by atoms with Crippen LogP contribution in [0.3, 0.4) is 0 Å². The minimum absolute atomic E-state index is 0.109. The first-order valence-corrected chi connectivity index (χ1v) is 8.03. The number of fused-ring (bicyclic) bond motifs is 1. The monoisotopic (exact) mass is 311 g/mol. The fourth-order valence-electron chi connectivity index (χ4n) is 4.26. The molecule has 1 heterocycles. The highest BCUT2D eigenvalue weighted by Crippen LogP contribution is 2.56. The van der Waals surface area contributed by atoms with E-state index >= 15 is 0 Å². The predicted octanol–water partition coefficient (Wildman–Crippen LogP) is 3.59. The molecule has 1 unspecified atom stereocenters. The van der Waals surface area contributed by atoms with Crippen molar-refractivity contribution in [1.82, 2.24) is 4.90 Å². The number of halogens is 2. The molecule has 1 N–H and O–H groups in total. The minimum Gasteiger partial charge on any atom is -0.384 e. The third-order valence-corrected chi connectivity index (χ3v) is 5.82. The molecule has 4 heteroatoms. The van der Waals surface area contributed by atoms with E-state index in [1.165, 1.54) is 6.07 Å². The van der Waals surface area contributed by atoms with Crippen LogP contribution in [0.4, 0.5) is 4.39 Å². The second kappa shape index (κ2) is 4.94. The van der Waals surface area contributed by atoms with Gasteiger partial charge in [0.1, 0.15) is 5.82 Å². The number of aliphatic hydroxyl groups is 1. The molecule has 1 aliphatic heterocycles. The molecule has 116 valence electrons. The molecule has 0 bridgehead atoms. The van der Waals surface area contributed by atoms with Crippen LogP contribution in [0.1, 0.15) is 37.8 Å². The van der Waals surface area contributed by atoms with Gasteiger partial charge >= 0.3 is 0 Å². The average molecular weight is 312 g/mol. The Bertz CT molecular complexity index is 566. The summed E-state index contributed by atoms with van der Waals surface area (Å²) in [6, 6.07) is 3.16. The van der Waals surface area contributed by atoms with Gasteiger partial charge in [-0.15, -0.1) is 0 Å². The second-order valence-electron chi connectivity index (χ2n) is 7.33. The van der Waals surface area contributed by atoms with Crippen LogP contribution >= 0.6 is 11.6 Å². The molecule has 2 nitrogen and oxygen atoms in total. The zero-order valence-corrected chi connectivity index (χ0v) is 13.7. The summed E-state index contributed by atoms with van der Waals surface area (Å²) in [6.07, 6.45) is 2.62. The maximum atomic E-state index is 13.8. The van der Waals surface area contributed by atoms with Crippen molar-refractivity contribution < 1.29 is 9.50 Å². The van der Waals surface area contributed by atoms with E-state index in [0.717, 1.165) is 37.1 Å². The van der Waals surface area contributed by atoms with Gasteiger partial charge in [0.2, 0.25) is 0 Å². The Hall–Kier alpha value is -0.640. The summed E-state index contributed by atoms with van der Waals surface area (Å²) in [5.74, 6) is -0.190. The quantitative estimate of drug-likeness (QED) is 0.857. The van der Waals surface area contributed by atoms with Crippen molar-refractivity contribution >= 4 is 11.6 Å². The number of nitrogens with zero attached hydrogens (tertiary/aromatic N) is 1. The van der Waals surface area contributed by atoms with E-state index < -0.39 is 5.60 Å². The number of piperidine rings is 1. The summed E-state index contributed by atoms with van der Waals surface area (Å²) < 4.78 is 13.8. The Morgan fingerprint density at radius 2 is 1.90 bits per heavy atom. The molecule has 21 heavy (non-hydrogen) atoms. The van der Waals surface area contributed by atoms with Crippen LogP contribution in [0.2, 0.25) is 5.02 Å². The molecule has 0 spiro atoms. The number of rotatable bonds is 1. The summed E-state index contributed by atoms with van der Waals surface area (Å²) in [5, 5.41) is 11.7. The van der Waals surface area contributed by atoms with Gasteiger partial charge in [0.15, 0.2) is 0 Å². The predicted molar refractivity (Wildman–Crippen MR) is 83.0 cm³/mol. The van der Waals surface area contributed by atoms with Crippen LogP contribution in [-0.4, -0.2) is 30.1 Å². The van der Waals surface area contributed by atoms with Gasteiger partial charge in [-0.2, -0.15) is 0 Å². The van der Waals surface area contributed by atoms with Gasteiger partial charge in [0.25, 0.3) is 0 Å². The summed E-state index contributed by atoms with van der Waals surface area (Å²) in [7, 11) is 2.11. The fourth-order valence-corrected chi connectivity index (χ4v) is 4.43. The summed E-state index contributed by atoms with van der Waals surface area (Å²) in [4.78, 5) is 2.29. The van der Waals surface area contributed by atoms with Crippen molar-refractivity contribution in [3.8, 4) is 0 Å². The van der Waals surface area contributed by atoms with E-state index in [1.54, 1.807) is 6.07 Å². The second-order valence-corrected chi connectivity index (χ2v) is 7.74. The zero-order valence-electron chi connectivity index (χ0n) is 12.9. The summed E-state index contributed by atoms with van der Waals surface area (Å²) >= 11 is 5.98. The first kappa shape index (κ1) is 15.3. The first-order chi connectivity index (χ1) is 9.75. The maximum Gasteiger partial charge on any atom is 0.142 e. The van der Waals surface area contributed by atoms with Crippen LogP contribution in [-0.2, 0) is 12.0 Å². The highest BCUT2D eigenvalue weighted by Gasteiger charge is 2.55. The molecule has 1 atom stereocenters. The summed E-state index contributed by atoms with van der Waals surface area (Å²) in [6.45, 7) is 6.15. The number of benzene rings is 1. The molecule has 1 aliphatic carbocycles. The molecule has 2 aliphatic rings. The van der Waals surface area contributed by atoms with Gasteiger partial charge in [0, 0.05) is 5.41 Å². The molecular weight excluding hydrogens is 289 g/mol. The SMILES string of the molecule is CN1CCC(C2(O)c3cc(Cl)c(F)cc3CC2(C)C)CC1. The normalized spacial score (nSPS) is 29.6. The highest BCUT2D eigenvalue weighted by molar-refractivity contribution is 6.30. The van der Waals surface area contributed by atoms with E-state index in [0.29, 0.717) is 6.42 Å². The molecule has 0 radical (unpaired) electrons. The van der Waals surface area contributed by atoms with Gasteiger partial charge in [-0.3, -0.25) is 0 Å². The third-order valence-electron chi connectivity index (χ3n) is 5.53. The highest BCUT2D eigenvalue weighted by atomic mass is 35.5. The van der Waals surface area contributed by atoms with Crippen molar-refractivity contribution in [2.45, 2.75) is 38.7 Å². The maximum absolute atomic E-state index is 13.8. The van der Waals surface area contributed by atoms with Crippen LogP contribution < -0.4 is 0 Å². The van der Waals surface area contributed by atoms with Crippen LogP contribution in [0.25, 0.3) is 0 Å². The molecule has 0 saturated carbocycles. The van der Waals surface area contributed by atoms with E-state index in [4.69, 9.17) is 11.6 Å². The smallest absolute Gasteiger partial charge is 0.142 e. The van der Waals surface area contributed by atoms with Crippen LogP contribution in [0.5, 0.6) is 0 Å². The summed E-state index contributed by atoms with van der Waals surface area (Å²) in [5.41, 5.74) is 0.533. The Morgan fingerprint density at radius 1 is 1.29 bits per heavy atom. The van der Waals surface area contributed by atoms with Gasteiger partial charge in [0.05, 0.1) is 10.6 Å². The zero-order chi connectivity index (χ0) is 15.4. The number of hydrogen-bond acceptors (Lipinski definition) is 2. The van der Waals surface area contributed by atoms with Crippen LogP contribution in [0.15, 0.2) is 12.1 Å². The minimum atomic E-state index is -0.916. The molecule has 0 aromatic heterocycles. The largest absolute Gasteiger partial charge is 0.384 e. The lowest BCUT2D eigenvalue weighted by Gasteiger charge is -2.46. The fraction of sp³-hybridized carbons (Fsp3) is 0.647. The van der Waals surface area contributed by atoms with E-state index in [-0.39, 0.29) is 22.2 Å². The molecule has 0 amide bonds. The standard InChI is InChI=1S/C17H23ClFNO/c1-16(2)10-11-8-15(19)14(18)9-13(11)17(16,21)12-4-6-20(3)7-5-12/h8-9,12,21H,4-7,10H2,1-3H3. The Kier molecular flexibility index (Phi) is 3.59. The number of hydrogen-bond donors (Lipinski definition) is 1. The van der Waals surface area contributed by atoms with Crippen molar-refractivity contribution in [3.63, 3.8) is 0 Å². The Morgan fingerprint density at radius 3 is 2.52 bits per heavy atom. The topological polar surface area (TPSA) is 23.5 Å². The van der Waals surface area contributed by atoms with Crippen molar-refractivity contribution in [2.24, 2.45) is 11.3 Å². The molecular formula is C17H23ClFNO. The molecule has 1 aromatic carbocycles. The van der Waals surface area contributed by atoms with Gasteiger partial charge in [-0.1, -0.05) is 25.4 Å². The van der Waals surface area contributed by atoms with E-state index in [2.05, 4.69) is 25.8 Å². The van der Waals surface area contributed by atoms with Crippen molar-refractivity contribution in [1.29, 1.82) is 0 Å². The molecule has 1 saturated heterocycles. The number of likely N-dealkylation sites (tertiary alicyclic amines) is 1. The van der Waals surface area contributed by atoms with Gasteiger partial charge in [-0.05, 0) is 68.6 Å². The molecule has 1 fully saturated rings.